The Bertz CT molecular complexity index is 993. The van der Waals surface area contributed by atoms with E-state index in [1.807, 2.05) is 70.2 Å². The lowest BCUT2D eigenvalue weighted by molar-refractivity contribution is -0.137. The molecule has 0 saturated heterocycles. The molecule has 0 bridgehead atoms. The molecule has 0 aliphatic carbocycles. The summed E-state index contributed by atoms with van der Waals surface area (Å²) in [6.45, 7) is 8.65. The smallest absolute Gasteiger partial charge is 0.278 e. The molecule has 31 heavy (non-hydrogen) atoms. The van der Waals surface area contributed by atoms with Crippen LogP contribution < -0.4 is 10.1 Å². The van der Waals surface area contributed by atoms with Gasteiger partial charge in [-0.25, -0.2) is 0 Å². The Morgan fingerprint density at radius 1 is 0.968 bits per heavy atom. The van der Waals surface area contributed by atoms with E-state index in [0.29, 0.717) is 42.1 Å². The van der Waals surface area contributed by atoms with Gasteiger partial charge in [0, 0.05) is 13.2 Å². The van der Waals surface area contributed by atoms with Crippen molar-refractivity contribution in [2.24, 2.45) is 0 Å². The molecule has 6 heteroatoms. The molecule has 1 heterocycles. The van der Waals surface area contributed by atoms with Crippen molar-refractivity contribution in [2.75, 3.05) is 25.6 Å². The van der Waals surface area contributed by atoms with Crippen molar-refractivity contribution in [3.8, 4) is 5.75 Å². The van der Waals surface area contributed by atoms with Crippen LogP contribution in [-0.2, 0) is 14.3 Å². The topological polar surface area (TPSA) is 67.9 Å². The summed E-state index contributed by atoms with van der Waals surface area (Å²) in [5, 5.41) is 3.19. The molecule has 2 aromatic carbocycles. The number of carbonyl (C=O) groups is 2. The highest BCUT2D eigenvalue weighted by Gasteiger charge is 2.39. The first-order valence-corrected chi connectivity index (χ1v) is 10.5. The van der Waals surface area contributed by atoms with Gasteiger partial charge in [-0.3, -0.25) is 14.5 Å². The van der Waals surface area contributed by atoms with Gasteiger partial charge in [0.05, 0.1) is 24.5 Å². The Morgan fingerprint density at radius 3 is 2.29 bits per heavy atom. The average molecular weight is 423 g/mol. The maximum Gasteiger partial charge on any atom is 0.278 e. The highest BCUT2D eigenvalue weighted by atomic mass is 16.5. The molecule has 0 unspecified atom stereocenters. The van der Waals surface area contributed by atoms with Crippen LogP contribution >= 0.6 is 0 Å². The van der Waals surface area contributed by atoms with E-state index in [0.717, 1.165) is 11.1 Å². The molecule has 6 nitrogen and oxygen atoms in total. The van der Waals surface area contributed by atoms with Crippen LogP contribution in [0.15, 0.2) is 48.2 Å². The van der Waals surface area contributed by atoms with Crippen LogP contribution in [0.2, 0.25) is 0 Å². The van der Waals surface area contributed by atoms with Gasteiger partial charge in [0.1, 0.15) is 11.4 Å². The second-order valence-corrected chi connectivity index (χ2v) is 7.98. The van der Waals surface area contributed by atoms with Crippen LogP contribution in [0.1, 0.15) is 37.0 Å². The summed E-state index contributed by atoms with van der Waals surface area (Å²) in [7, 11) is 1.58. The van der Waals surface area contributed by atoms with Gasteiger partial charge in [0.25, 0.3) is 11.8 Å². The zero-order chi connectivity index (χ0) is 22.5. The van der Waals surface area contributed by atoms with Gasteiger partial charge >= 0.3 is 0 Å². The largest absolute Gasteiger partial charge is 0.495 e. The fraction of sp³-hybridized carbons (Fsp3) is 0.360. The standard InChI is InChI=1S/C25H30N2O4/c1-16(2)31-14-6-13-27-24(28)22(19-10-7-17(3)8-11-19)23(25(27)29)26-20-15-18(4)9-12-21(20)30-5/h7-12,15-16,26H,6,13-14H2,1-5H3. The van der Waals surface area contributed by atoms with Crippen LogP contribution in [0, 0.1) is 13.8 Å². The molecule has 0 spiro atoms. The number of hydrogen-bond donors (Lipinski definition) is 1. The number of hydrogen-bond acceptors (Lipinski definition) is 5. The van der Waals surface area contributed by atoms with Crippen molar-refractivity contribution in [1.29, 1.82) is 0 Å². The minimum Gasteiger partial charge on any atom is -0.495 e. The van der Waals surface area contributed by atoms with Gasteiger partial charge in [0.15, 0.2) is 0 Å². The predicted octanol–water partition coefficient (Wildman–Crippen LogP) is 4.32. The number of nitrogens with zero attached hydrogens (tertiary/aromatic N) is 1. The second-order valence-electron chi connectivity index (χ2n) is 7.98. The van der Waals surface area contributed by atoms with Gasteiger partial charge in [-0.2, -0.15) is 0 Å². The minimum atomic E-state index is -0.339. The Kier molecular flexibility index (Phi) is 7.13. The van der Waals surface area contributed by atoms with Gasteiger partial charge in [-0.1, -0.05) is 35.9 Å². The quantitative estimate of drug-likeness (QED) is 0.482. The summed E-state index contributed by atoms with van der Waals surface area (Å²) in [6, 6.07) is 13.3. The molecule has 2 aromatic rings. The fourth-order valence-electron chi connectivity index (χ4n) is 3.48. The van der Waals surface area contributed by atoms with Crippen LogP contribution in [-0.4, -0.2) is 43.1 Å². The van der Waals surface area contributed by atoms with E-state index in [1.165, 1.54) is 4.90 Å². The average Bonchev–Trinajstić information content (AvgIpc) is 2.96. The lowest BCUT2D eigenvalue weighted by Crippen LogP contribution is -2.34. The first-order valence-electron chi connectivity index (χ1n) is 10.5. The monoisotopic (exact) mass is 422 g/mol. The van der Waals surface area contributed by atoms with E-state index in [4.69, 9.17) is 9.47 Å². The van der Waals surface area contributed by atoms with Crippen molar-refractivity contribution in [1.82, 2.24) is 4.90 Å². The summed E-state index contributed by atoms with van der Waals surface area (Å²) in [6.07, 6.45) is 0.690. The second kappa shape index (κ2) is 9.79. The number of anilines is 1. The first kappa shape index (κ1) is 22.6. The maximum atomic E-state index is 13.3. The Morgan fingerprint density at radius 2 is 1.65 bits per heavy atom. The lowest BCUT2D eigenvalue weighted by Gasteiger charge is -2.16. The third-order valence-electron chi connectivity index (χ3n) is 5.10. The normalized spacial score (nSPS) is 14.1. The predicted molar refractivity (Wildman–Crippen MR) is 122 cm³/mol. The summed E-state index contributed by atoms with van der Waals surface area (Å²) in [5.41, 5.74) is 4.09. The number of nitrogens with one attached hydrogen (secondary N) is 1. The molecule has 1 aliphatic heterocycles. The van der Waals surface area contributed by atoms with Crippen LogP contribution in [0.5, 0.6) is 5.75 Å². The summed E-state index contributed by atoms with van der Waals surface area (Å²) >= 11 is 0. The number of amides is 2. The fourth-order valence-corrected chi connectivity index (χ4v) is 3.48. The molecule has 164 valence electrons. The molecule has 0 atom stereocenters. The van der Waals surface area contributed by atoms with Gasteiger partial charge in [0.2, 0.25) is 0 Å². The summed E-state index contributed by atoms with van der Waals surface area (Å²) in [5.74, 6) is -0.0356. The number of aryl methyl sites for hydroxylation is 2. The number of ether oxygens (including phenoxy) is 2. The molecular weight excluding hydrogens is 392 g/mol. The van der Waals surface area contributed by atoms with E-state index < -0.39 is 0 Å². The SMILES string of the molecule is COc1ccc(C)cc1NC1=C(c2ccc(C)cc2)C(=O)N(CCCOC(C)C)C1=O. The summed E-state index contributed by atoms with van der Waals surface area (Å²) < 4.78 is 11.0. The van der Waals surface area contributed by atoms with Crippen molar-refractivity contribution in [3.63, 3.8) is 0 Å². The number of carbonyl (C=O) groups excluding carboxylic acids is 2. The van der Waals surface area contributed by atoms with E-state index in [-0.39, 0.29) is 23.6 Å². The molecule has 1 aliphatic rings. The third kappa shape index (κ3) is 5.14. The highest BCUT2D eigenvalue weighted by molar-refractivity contribution is 6.36. The molecule has 1 N–H and O–H groups in total. The molecule has 0 aromatic heterocycles. The maximum absolute atomic E-state index is 13.3. The van der Waals surface area contributed by atoms with Crippen molar-refractivity contribution < 1.29 is 19.1 Å². The Balaban J connectivity index is 1.96. The van der Waals surface area contributed by atoms with Crippen molar-refractivity contribution in [3.05, 3.63) is 64.9 Å². The van der Waals surface area contributed by atoms with Crippen LogP contribution in [0.4, 0.5) is 5.69 Å². The zero-order valence-electron chi connectivity index (χ0n) is 18.8. The van der Waals surface area contributed by atoms with E-state index in [2.05, 4.69) is 5.32 Å². The van der Waals surface area contributed by atoms with E-state index >= 15 is 0 Å². The van der Waals surface area contributed by atoms with Crippen LogP contribution in [0.25, 0.3) is 5.57 Å². The molecular formula is C25H30N2O4. The van der Waals surface area contributed by atoms with E-state index in [9.17, 15) is 9.59 Å². The number of imide groups is 1. The first-order chi connectivity index (χ1) is 14.8. The number of benzene rings is 2. The van der Waals surface area contributed by atoms with Crippen LogP contribution in [0.3, 0.4) is 0 Å². The molecule has 0 saturated carbocycles. The Hall–Kier alpha value is -3.12. The van der Waals surface area contributed by atoms with Gasteiger partial charge < -0.3 is 14.8 Å². The number of rotatable bonds is 9. The van der Waals surface area contributed by atoms with Crippen molar-refractivity contribution >= 4 is 23.1 Å². The van der Waals surface area contributed by atoms with Gasteiger partial charge in [-0.05, 0) is 57.4 Å². The van der Waals surface area contributed by atoms with E-state index in [1.54, 1.807) is 7.11 Å². The summed E-state index contributed by atoms with van der Waals surface area (Å²) in [4.78, 5) is 27.9. The minimum absolute atomic E-state index is 0.109. The molecule has 0 radical (unpaired) electrons. The van der Waals surface area contributed by atoms with Crippen molar-refractivity contribution in [2.45, 2.75) is 40.2 Å². The lowest BCUT2D eigenvalue weighted by atomic mass is 10.0. The molecule has 0 fully saturated rings. The highest BCUT2D eigenvalue weighted by Crippen LogP contribution is 2.34. The third-order valence-corrected chi connectivity index (χ3v) is 5.10. The number of methoxy groups -OCH3 is 1. The zero-order valence-corrected chi connectivity index (χ0v) is 18.8. The molecule has 2 amide bonds. The molecule has 3 rings (SSSR count). The Labute approximate surface area is 183 Å². The van der Waals surface area contributed by atoms with Gasteiger partial charge in [-0.15, -0.1) is 0 Å².